The van der Waals surface area contributed by atoms with Gasteiger partial charge in [-0.3, -0.25) is 0 Å². The van der Waals surface area contributed by atoms with E-state index in [2.05, 4.69) is 360 Å². The second-order valence-electron chi connectivity index (χ2n) is 38.0. The summed E-state index contributed by atoms with van der Waals surface area (Å²) in [6.45, 7) is 46.9. The standard InChI is InChI=1S/C106H108BN3/c1-100(2,3)74-49-43-70(44-50-74)80-39-31-40-81(96-86(105(16,17)18)41-32-42-87(96)106(19,20)21)98(80)109-92-59-72(67-33-25-22-26-34-67)47-55-88(92)107-89-56-48-73(68-35-27-23-28-36-68)60-93(89)110(99-82(69-37-29-24-30-38-69)63-78(104(13,14)15)64-83(99)71-45-51-75(52-46-71)101(4,5)6)95-66-79(65-94(109)97(95)107)108-90-57-53-76(102(7,8)9)61-84(90)85-62-77(103(10,11)12)54-58-91(85)108/h22-66H,1-21H3/i22D,23D,25D,26D,27D,28D,33D,34D,35D,36D. The Kier molecular flexibility index (Phi) is 15.0. The molecule has 2 aliphatic heterocycles. The first-order chi connectivity index (χ1) is 56.1. The molecule has 0 N–H and O–H groups in total. The number of hydrogen-bond acceptors (Lipinski definition) is 2. The van der Waals surface area contributed by atoms with Crippen molar-refractivity contribution in [1.29, 1.82) is 0 Å². The predicted molar refractivity (Wildman–Crippen MR) is 478 cm³/mol. The van der Waals surface area contributed by atoms with Crippen molar-refractivity contribution in [3.8, 4) is 72.4 Å². The summed E-state index contributed by atoms with van der Waals surface area (Å²) < 4.78 is 97.0. The van der Waals surface area contributed by atoms with E-state index < -0.39 is 53.8 Å². The van der Waals surface area contributed by atoms with Crippen molar-refractivity contribution in [3.05, 3.63) is 312 Å². The van der Waals surface area contributed by atoms with Gasteiger partial charge >= 0.3 is 0 Å². The Morgan fingerprint density at radius 1 is 0.273 bits per heavy atom. The quantitative estimate of drug-likeness (QED) is 0.133. The zero-order valence-electron chi connectivity index (χ0n) is 78.1. The fourth-order valence-electron chi connectivity index (χ4n) is 16.9. The first-order valence-electron chi connectivity index (χ1n) is 44.2. The molecular weight excluding hydrogens is 1330 g/mol. The van der Waals surface area contributed by atoms with Gasteiger partial charge in [0.1, 0.15) is 0 Å². The smallest absolute Gasteiger partial charge is 0.252 e. The minimum Gasteiger partial charge on any atom is -0.310 e. The molecule has 13 aromatic carbocycles. The molecule has 0 fully saturated rings. The van der Waals surface area contributed by atoms with E-state index in [1.807, 2.05) is 12.1 Å². The summed E-state index contributed by atoms with van der Waals surface area (Å²) in [5, 5.41) is 2.18. The molecule has 3 nitrogen and oxygen atoms in total. The lowest BCUT2D eigenvalue weighted by Gasteiger charge is -2.46. The maximum absolute atomic E-state index is 9.86. The first kappa shape index (κ1) is 62.1. The fraction of sp³-hybridized carbons (Fsp3) is 0.264. The average molecular weight is 1440 g/mol. The van der Waals surface area contributed by atoms with Crippen LogP contribution in [0.1, 0.15) is 198 Å². The van der Waals surface area contributed by atoms with E-state index in [1.54, 1.807) is 0 Å². The molecule has 14 aromatic rings. The lowest BCUT2D eigenvalue weighted by Crippen LogP contribution is -2.61. The second kappa shape index (κ2) is 26.5. The van der Waals surface area contributed by atoms with Crippen LogP contribution >= 0.6 is 0 Å². The Morgan fingerprint density at radius 3 is 1.06 bits per heavy atom. The zero-order chi connectivity index (χ0) is 86.4. The van der Waals surface area contributed by atoms with Crippen LogP contribution < -0.4 is 26.2 Å². The van der Waals surface area contributed by atoms with Gasteiger partial charge in [-0.1, -0.05) is 357 Å². The van der Waals surface area contributed by atoms with E-state index in [0.29, 0.717) is 22.5 Å². The Morgan fingerprint density at radius 2 is 0.645 bits per heavy atom. The lowest BCUT2D eigenvalue weighted by atomic mass is 9.33. The van der Waals surface area contributed by atoms with Crippen LogP contribution in [0.2, 0.25) is 0 Å². The number of anilines is 6. The summed E-state index contributed by atoms with van der Waals surface area (Å²) in [5.41, 5.74) is 25.0. The largest absolute Gasteiger partial charge is 0.310 e. The predicted octanol–water partition coefficient (Wildman–Crippen LogP) is 28.0. The molecule has 0 radical (unpaired) electrons. The van der Waals surface area contributed by atoms with Crippen molar-refractivity contribution in [1.82, 2.24) is 4.57 Å². The van der Waals surface area contributed by atoms with Gasteiger partial charge in [0.2, 0.25) is 0 Å². The normalized spacial score (nSPS) is 14.7. The van der Waals surface area contributed by atoms with E-state index in [4.69, 9.17) is 2.74 Å². The van der Waals surface area contributed by atoms with Gasteiger partial charge in [-0.05, 0) is 198 Å². The number of hydrogen-bond donors (Lipinski definition) is 0. The molecule has 0 aliphatic carbocycles. The molecule has 0 spiro atoms. The van der Waals surface area contributed by atoms with Crippen molar-refractivity contribution in [2.45, 2.75) is 183 Å². The van der Waals surface area contributed by atoms with Crippen molar-refractivity contribution in [2.24, 2.45) is 0 Å². The van der Waals surface area contributed by atoms with Crippen LogP contribution in [0, 0.1) is 0 Å². The zero-order valence-corrected chi connectivity index (χ0v) is 68.1. The summed E-state index contributed by atoms with van der Waals surface area (Å²) in [4.78, 5) is 4.93. The van der Waals surface area contributed by atoms with Gasteiger partial charge in [0.15, 0.2) is 0 Å². The Bertz CT molecular complexity index is 6400. The van der Waals surface area contributed by atoms with Crippen molar-refractivity contribution in [3.63, 3.8) is 0 Å². The molecule has 0 saturated carbocycles. The van der Waals surface area contributed by atoms with Crippen LogP contribution in [-0.2, 0) is 37.9 Å². The fourth-order valence-corrected chi connectivity index (χ4v) is 16.9. The van der Waals surface area contributed by atoms with Crippen LogP contribution in [0.5, 0.6) is 0 Å². The highest BCUT2D eigenvalue weighted by atomic mass is 15.2. The monoisotopic (exact) mass is 1440 g/mol. The Balaban J connectivity index is 1.19. The van der Waals surface area contributed by atoms with Crippen LogP contribution in [-0.4, -0.2) is 11.3 Å². The van der Waals surface area contributed by atoms with E-state index in [0.717, 1.165) is 128 Å². The van der Waals surface area contributed by atoms with E-state index in [9.17, 15) is 11.0 Å². The summed E-state index contributed by atoms with van der Waals surface area (Å²) in [5.74, 6) is 0. The molecule has 4 heteroatoms. The summed E-state index contributed by atoms with van der Waals surface area (Å²) in [6, 6.07) is 73.8. The topological polar surface area (TPSA) is 11.4 Å². The molecule has 0 saturated heterocycles. The Labute approximate surface area is 670 Å². The third kappa shape index (κ3) is 13.0. The van der Waals surface area contributed by atoms with Crippen molar-refractivity contribution < 1.29 is 13.7 Å². The van der Waals surface area contributed by atoms with Crippen LogP contribution in [0.25, 0.3) is 94.3 Å². The molecular formula is C106H108BN3. The van der Waals surface area contributed by atoms with Crippen molar-refractivity contribution >= 4 is 79.0 Å². The summed E-state index contributed by atoms with van der Waals surface area (Å²) in [6.07, 6.45) is 0. The third-order valence-electron chi connectivity index (χ3n) is 23.0. The van der Waals surface area contributed by atoms with Gasteiger partial charge < -0.3 is 14.4 Å². The maximum atomic E-state index is 9.86. The summed E-state index contributed by atoms with van der Waals surface area (Å²) in [7, 11) is 0. The molecule has 550 valence electrons. The number of benzene rings is 13. The molecule has 3 heterocycles. The van der Waals surface area contributed by atoms with Crippen LogP contribution in [0.15, 0.2) is 273 Å². The minimum atomic E-state index is -0.677. The SMILES string of the molecule is [2H]c1c([2H])c([2H])c(-c2ccc3c(c2)N(c2c(-c4ccccc4)cc(C(C)(C)C)cc2-c2ccc(C(C)(C)C)cc2)c2cc(-n4c5ccc(C(C)(C)C)cc5c5cc(C(C)(C)C)ccc54)cc4c2B3c2ccc(-c3c([2H])c([2H])c([2H])c([2H])c3[2H])cc2N4c2c(-c3ccc(C(C)(C)C)cc3)cccc2-c2c(C(C)(C)C)cccc2C(C)(C)C)c([2H])c1[2H]. The van der Waals surface area contributed by atoms with Gasteiger partial charge in [-0.25, -0.2) is 0 Å². The van der Waals surface area contributed by atoms with Gasteiger partial charge in [0.25, 0.3) is 6.71 Å². The Hall–Kier alpha value is -10.7. The molecule has 16 rings (SSSR count). The number of para-hydroxylation sites is 1. The van der Waals surface area contributed by atoms with Gasteiger partial charge in [0, 0.05) is 55.8 Å². The van der Waals surface area contributed by atoms with Crippen LogP contribution in [0.3, 0.4) is 0 Å². The highest BCUT2D eigenvalue weighted by molar-refractivity contribution is 7.00. The molecule has 0 unspecified atom stereocenters. The molecule has 0 bridgehead atoms. The van der Waals surface area contributed by atoms with E-state index in [1.165, 1.54) is 22.3 Å². The van der Waals surface area contributed by atoms with Gasteiger partial charge in [-0.2, -0.15) is 0 Å². The van der Waals surface area contributed by atoms with Gasteiger partial charge in [-0.15, -0.1) is 0 Å². The minimum absolute atomic E-state index is 0.0613. The first-order valence-corrected chi connectivity index (χ1v) is 39.2. The molecule has 1 aromatic heterocycles. The number of fused-ring (bicyclic) bond motifs is 7. The number of nitrogens with zero attached hydrogens (tertiary/aromatic N) is 3. The highest BCUT2D eigenvalue weighted by Gasteiger charge is 2.47. The van der Waals surface area contributed by atoms with E-state index >= 15 is 0 Å². The average Bonchev–Trinajstić information content (AvgIpc) is 0.879. The van der Waals surface area contributed by atoms with Gasteiger partial charge in [0.05, 0.1) is 41.8 Å². The number of rotatable bonds is 9. The van der Waals surface area contributed by atoms with Crippen LogP contribution in [0.4, 0.5) is 34.1 Å². The molecule has 2 aliphatic rings. The second-order valence-corrected chi connectivity index (χ2v) is 38.0. The molecule has 110 heavy (non-hydrogen) atoms. The van der Waals surface area contributed by atoms with Crippen molar-refractivity contribution in [2.75, 3.05) is 9.80 Å². The summed E-state index contributed by atoms with van der Waals surface area (Å²) >= 11 is 0. The number of aromatic nitrogens is 1. The lowest BCUT2D eigenvalue weighted by molar-refractivity contribution is 0.572. The maximum Gasteiger partial charge on any atom is 0.252 e. The molecule has 0 amide bonds. The van der Waals surface area contributed by atoms with E-state index in [-0.39, 0.29) is 62.4 Å². The molecule has 0 atom stereocenters. The highest BCUT2D eigenvalue weighted by Crippen LogP contribution is 2.57. The third-order valence-corrected chi connectivity index (χ3v) is 23.0.